The Morgan fingerprint density at radius 3 is 2.60 bits per heavy atom. The number of rotatable bonds is 4. The Morgan fingerprint density at radius 1 is 1.30 bits per heavy atom. The van der Waals surface area contributed by atoms with Crippen LogP contribution in [-0.4, -0.2) is 28.3 Å². The van der Waals surface area contributed by atoms with Gasteiger partial charge in [-0.2, -0.15) is 13.8 Å². The molecule has 0 fully saturated rings. The highest BCUT2D eigenvalue weighted by Gasteiger charge is 2.30. The number of hydrogen-bond acceptors (Lipinski definition) is 4. The van der Waals surface area contributed by atoms with Crippen LogP contribution in [0, 0.1) is 12.7 Å². The third-order valence-electron chi connectivity index (χ3n) is 2.59. The number of benzene rings is 1. The van der Waals surface area contributed by atoms with Crippen molar-refractivity contribution in [3.63, 3.8) is 0 Å². The van der Waals surface area contributed by atoms with Crippen LogP contribution in [0.25, 0.3) is 10.9 Å². The summed E-state index contributed by atoms with van der Waals surface area (Å²) in [6.45, 7) is 1.84. The number of halogens is 3. The third-order valence-corrected chi connectivity index (χ3v) is 2.59. The number of hydrogen-bond donors (Lipinski definition) is 1. The van der Waals surface area contributed by atoms with E-state index in [4.69, 9.17) is 9.84 Å². The first-order valence-corrected chi connectivity index (χ1v) is 5.93. The molecule has 0 radical (unpaired) electrons. The smallest absolute Gasteiger partial charge is 0.303 e. The second-order valence-electron chi connectivity index (χ2n) is 4.46. The van der Waals surface area contributed by atoms with Crippen LogP contribution in [-0.2, 0) is 5.92 Å². The first kappa shape index (κ1) is 14.5. The number of aliphatic hydroxyl groups excluding tert-OH is 1. The predicted octanol–water partition coefficient (Wildman–Crippen LogP) is 2.56. The molecule has 0 bridgehead atoms. The molecule has 0 aliphatic heterocycles. The molecule has 1 aromatic heterocycles. The minimum atomic E-state index is -3.32. The van der Waals surface area contributed by atoms with Crippen LogP contribution in [0.1, 0.15) is 18.3 Å². The highest BCUT2D eigenvalue weighted by molar-refractivity contribution is 5.84. The van der Waals surface area contributed by atoms with Gasteiger partial charge in [-0.25, -0.2) is 9.37 Å². The predicted molar refractivity (Wildman–Crippen MR) is 66.4 cm³/mol. The normalized spacial score (nSPS) is 11.9. The lowest BCUT2D eigenvalue weighted by molar-refractivity contribution is 0.00731. The molecular formula is C13H13F3N2O2. The molecule has 0 unspecified atom stereocenters. The second kappa shape index (κ2) is 5.24. The zero-order chi connectivity index (χ0) is 14.9. The average Bonchev–Trinajstić information content (AvgIpc) is 2.34. The maximum Gasteiger partial charge on any atom is 0.303 e. The van der Waals surface area contributed by atoms with Crippen LogP contribution in [0.2, 0.25) is 0 Å². The fourth-order valence-electron chi connectivity index (χ4n) is 1.75. The summed E-state index contributed by atoms with van der Waals surface area (Å²) in [7, 11) is 0. The molecular weight excluding hydrogens is 273 g/mol. The molecule has 1 aromatic carbocycles. The maximum absolute atomic E-state index is 13.9. The second-order valence-corrected chi connectivity index (χ2v) is 4.46. The third kappa shape index (κ3) is 2.82. The van der Waals surface area contributed by atoms with Crippen molar-refractivity contribution in [1.29, 1.82) is 0 Å². The Hall–Kier alpha value is -1.89. The van der Waals surface area contributed by atoms with Gasteiger partial charge in [-0.3, -0.25) is 0 Å². The van der Waals surface area contributed by atoms with E-state index in [1.54, 1.807) is 13.0 Å². The van der Waals surface area contributed by atoms with Crippen molar-refractivity contribution in [3.8, 4) is 5.88 Å². The number of aromatic nitrogens is 2. The zero-order valence-electron chi connectivity index (χ0n) is 11.0. The number of alkyl halides is 2. The van der Waals surface area contributed by atoms with Gasteiger partial charge in [-0.05, 0) is 24.6 Å². The van der Waals surface area contributed by atoms with E-state index >= 15 is 0 Å². The minimum absolute atomic E-state index is 0.129. The van der Waals surface area contributed by atoms with Crippen LogP contribution in [0.5, 0.6) is 5.88 Å². The molecule has 0 saturated carbocycles. The van der Waals surface area contributed by atoms with E-state index < -0.39 is 17.6 Å². The molecule has 2 aromatic rings. The summed E-state index contributed by atoms with van der Waals surface area (Å²) >= 11 is 0. The fourth-order valence-corrected chi connectivity index (χ4v) is 1.75. The van der Waals surface area contributed by atoms with Gasteiger partial charge >= 0.3 is 5.92 Å². The van der Waals surface area contributed by atoms with Gasteiger partial charge in [0.1, 0.15) is 17.9 Å². The lowest BCUT2D eigenvalue weighted by Crippen LogP contribution is -2.15. The summed E-state index contributed by atoms with van der Waals surface area (Å²) in [5.74, 6) is -5.02. The molecule has 108 valence electrons. The summed E-state index contributed by atoms with van der Waals surface area (Å²) in [6, 6.07) is 2.74. The highest BCUT2D eigenvalue weighted by atomic mass is 19.3. The Morgan fingerprint density at radius 2 is 2.00 bits per heavy atom. The number of ether oxygens (including phenoxy) is 1. The van der Waals surface area contributed by atoms with Crippen molar-refractivity contribution >= 4 is 10.9 Å². The topological polar surface area (TPSA) is 55.2 Å². The summed E-state index contributed by atoms with van der Waals surface area (Å²) in [5, 5.41) is 8.95. The van der Waals surface area contributed by atoms with Gasteiger partial charge in [0.25, 0.3) is 0 Å². The number of nitrogens with zero attached hydrogens (tertiary/aromatic N) is 2. The van der Waals surface area contributed by atoms with Gasteiger partial charge < -0.3 is 9.84 Å². The van der Waals surface area contributed by atoms with E-state index in [-0.39, 0.29) is 30.0 Å². The van der Waals surface area contributed by atoms with E-state index in [0.717, 1.165) is 0 Å². The largest absolute Gasteiger partial charge is 0.475 e. The standard InChI is InChI=1S/C13H13F3N2O2/c1-7-5-8-10(9(14)6-7)17-12(13(2,15)16)18-11(8)20-4-3-19/h5-6,19H,3-4H2,1-2H3. The number of aliphatic hydroxyl groups is 1. The Kier molecular flexibility index (Phi) is 3.80. The van der Waals surface area contributed by atoms with E-state index in [1.165, 1.54) is 6.07 Å². The molecule has 1 heterocycles. The number of fused-ring (bicyclic) bond motifs is 1. The van der Waals surface area contributed by atoms with Crippen LogP contribution < -0.4 is 4.74 Å². The molecule has 2 rings (SSSR count). The van der Waals surface area contributed by atoms with Crippen molar-refractivity contribution in [3.05, 3.63) is 29.3 Å². The fraction of sp³-hybridized carbons (Fsp3) is 0.385. The lowest BCUT2D eigenvalue weighted by Gasteiger charge is -2.13. The Balaban J connectivity index is 2.71. The average molecular weight is 286 g/mol. The summed E-state index contributed by atoms with van der Waals surface area (Å²) in [5.41, 5.74) is 0.360. The van der Waals surface area contributed by atoms with Crippen molar-refractivity contribution in [1.82, 2.24) is 9.97 Å². The quantitative estimate of drug-likeness (QED) is 0.938. The monoisotopic (exact) mass is 286 g/mol. The molecule has 20 heavy (non-hydrogen) atoms. The van der Waals surface area contributed by atoms with Crippen molar-refractivity contribution < 1.29 is 23.0 Å². The summed E-state index contributed by atoms with van der Waals surface area (Å²) < 4.78 is 45.7. The van der Waals surface area contributed by atoms with Gasteiger partial charge in [-0.15, -0.1) is 0 Å². The molecule has 0 spiro atoms. The Labute approximate surface area is 113 Å². The van der Waals surface area contributed by atoms with Crippen molar-refractivity contribution in [2.75, 3.05) is 13.2 Å². The highest BCUT2D eigenvalue weighted by Crippen LogP contribution is 2.31. The molecule has 0 saturated heterocycles. The minimum Gasteiger partial charge on any atom is -0.475 e. The van der Waals surface area contributed by atoms with Crippen molar-refractivity contribution in [2.45, 2.75) is 19.8 Å². The molecule has 4 nitrogen and oxygen atoms in total. The molecule has 0 amide bonds. The summed E-state index contributed by atoms with van der Waals surface area (Å²) in [4.78, 5) is 7.21. The van der Waals surface area contributed by atoms with Crippen LogP contribution in [0.4, 0.5) is 13.2 Å². The molecule has 1 N–H and O–H groups in total. The first-order valence-electron chi connectivity index (χ1n) is 5.93. The first-order chi connectivity index (χ1) is 9.32. The molecule has 0 aliphatic carbocycles. The molecule has 0 atom stereocenters. The SMILES string of the molecule is Cc1cc(F)c2nc(C(C)(F)F)nc(OCCO)c2c1. The van der Waals surface area contributed by atoms with Gasteiger partial charge in [0.15, 0.2) is 0 Å². The van der Waals surface area contributed by atoms with Crippen LogP contribution >= 0.6 is 0 Å². The zero-order valence-corrected chi connectivity index (χ0v) is 11.0. The Bertz CT molecular complexity index is 642. The number of aryl methyl sites for hydroxylation is 1. The van der Waals surface area contributed by atoms with E-state index in [2.05, 4.69) is 9.97 Å². The van der Waals surface area contributed by atoms with Gasteiger partial charge in [0, 0.05) is 6.92 Å². The van der Waals surface area contributed by atoms with Gasteiger partial charge in [0.2, 0.25) is 11.7 Å². The maximum atomic E-state index is 13.9. The van der Waals surface area contributed by atoms with Crippen molar-refractivity contribution in [2.24, 2.45) is 0 Å². The van der Waals surface area contributed by atoms with E-state index in [0.29, 0.717) is 12.5 Å². The van der Waals surface area contributed by atoms with E-state index in [1.807, 2.05) is 0 Å². The molecule has 0 aliphatic rings. The van der Waals surface area contributed by atoms with Gasteiger partial charge in [-0.1, -0.05) is 0 Å². The van der Waals surface area contributed by atoms with Crippen LogP contribution in [0.15, 0.2) is 12.1 Å². The van der Waals surface area contributed by atoms with E-state index in [9.17, 15) is 13.2 Å². The summed E-state index contributed by atoms with van der Waals surface area (Å²) in [6.07, 6.45) is 0. The van der Waals surface area contributed by atoms with Crippen LogP contribution in [0.3, 0.4) is 0 Å². The van der Waals surface area contributed by atoms with Gasteiger partial charge in [0.05, 0.1) is 12.0 Å². The lowest BCUT2D eigenvalue weighted by atomic mass is 10.1. The molecule has 7 heteroatoms.